The van der Waals surface area contributed by atoms with Crippen molar-refractivity contribution >= 4 is 0 Å². The van der Waals surface area contributed by atoms with Gasteiger partial charge in [-0.2, -0.15) is 0 Å². The zero-order valence-electron chi connectivity index (χ0n) is 13.9. The first-order chi connectivity index (χ1) is 12.1. The second-order valence-electron chi connectivity index (χ2n) is 5.74. The van der Waals surface area contributed by atoms with Crippen molar-refractivity contribution in [2.75, 3.05) is 0 Å². The van der Waals surface area contributed by atoms with Gasteiger partial charge < -0.3 is 4.74 Å². The number of nitrogens with one attached hydrogen (secondary N) is 1. The van der Waals surface area contributed by atoms with Crippen LogP contribution in [0.2, 0.25) is 0 Å². The number of benzene rings is 2. The molecule has 3 rings (SSSR count). The standard InChI is InChI=1S/C19H19N3O3/c1-14-7-5-6-10-16(14)11-12-22-19(24)20-17(23)18(21-22)25-13-15-8-3-2-4-9-15/h2-10H,11-13H2,1H3,(H,20,23,24). The van der Waals surface area contributed by atoms with Crippen molar-refractivity contribution < 1.29 is 4.74 Å². The highest BCUT2D eigenvalue weighted by molar-refractivity contribution is 5.25. The molecule has 25 heavy (non-hydrogen) atoms. The van der Waals surface area contributed by atoms with Gasteiger partial charge in [0.1, 0.15) is 6.61 Å². The molecule has 0 spiro atoms. The van der Waals surface area contributed by atoms with Crippen LogP contribution in [0.3, 0.4) is 0 Å². The molecule has 1 N–H and O–H groups in total. The van der Waals surface area contributed by atoms with Crippen LogP contribution >= 0.6 is 0 Å². The topological polar surface area (TPSA) is 77.0 Å². The summed E-state index contributed by atoms with van der Waals surface area (Å²) in [7, 11) is 0. The van der Waals surface area contributed by atoms with E-state index in [1.54, 1.807) is 0 Å². The summed E-state index contributed by atoms with van der Waals surface area (Å²) in [5.74, 6) is -0.103. The average Bonchev–Trinajstić information content (AvgIpc) is 2.62. The van der Waals surface area contributed by atoms with Gasteiger partial charge in [0.2, 0.25) is 0 Å². The van der Waals surface area contributed by atoms with E-state index < -0.39 is 11.2 Å². The van der Waals surface area contributed by atoms with Gasteiger partial charge in [-0.05, 0) is 30.0 Å². The summed E-state index contributed by atoms with van der Waals surface area (Å²) >= 11 is 0. The Morgan fingerprint density at radius 1 is 1.04 bits per heavy atom. The largest absolute Gasteiger partial charge is 0.468 e. The number of hydrogen-bond donors (Lipinski definition) is 1. The van der Waals surface area contributed by atoms with E-state index in [-0.39, 0.29) is 12.5 Å². The second kappa shape index (κ2) is 7.61. The average molecular weight is 337 g/mol. The third kappa shape index (κ3) is 4.23. The van der Waals surface area contributed by atoms with Gasteiger partial charge in [0, 0.05) is 0 Å². The summed E-state index contributed by atoms with van der Waals surface area (Å²) < 4.78 is 6.71. The molecular formula is C19H19N3O3. The number of aromatic amines is 1. The molecule has 3 aromatic rings. The normalized spacial score (nSPS) is 10.6. The molecule has 0 amide bonds. The summed E-state index contributed by atoms with van der Waals surface area (Å²) in [6.07, 6.45) is 0.643. The van der Waals surface area contributed by atoms with Gasteiger partial charge in [-0.15, -0.1) is 5.10 Å². The summed E-state index contributed by atoms with van der Waals surface area (Å²) in [5, 5.41) is 4.07. The Balaban J connectivity index is 1.75. The Bertz CT molecular complexity index is 961. The van der Waals surface area contributed by atoms with E-state index in [0.717, 1.165) is 16.7 Å². The molecule has 0 aliphatic rings. The fourth-order valence-electron chi connectivity index (χ4n) is 2.50. The van der Waals surface area contributed by atoms with E-state index >= 15 is 0 Å². The lowest BCUT2D eigenvalue weighted by molar-refractivity contribution is 0.275. The van der Waals surface area contributed by atoms with E-state index in [1.165, 1.54) is 4.68 Å². The van der Waals surface area contributed by atoms with Gasteiger partial charge >= 0.3 is 11.2 Å². The zero-order chi connectivity index (χ0) is 17.6. The molecule has 0 unspecified atom stereocenters. The molecule has 0 atom stereocenters. The molecule has 6 nitrogen and oxygen atoms in total. The van der Waals surface area contributed by atoms with E-state index in [9.17, 15) is 9.59 Å². The Labute approximate surface area is 144 Å². The number of ether oxygens (including phenoxy) is 1. The van der Waals surface area contributed by atoms with E-state index in [0.29, 0.717) is 13.0 Å². The van der Waals surface area contributed by atoms with E-state index in [2.05, 4.69) is 10.1 Å². The van der Waals surface area contributed by atoms with Crippen LogP contribution in [0, 0.1) is 6.92 Å². The Kier molecular flexibility index (Phi) is 5.09. The second-order valence-corrected chi connectivity index (χ2v) is 5.74. The lowest BCUT2D eigenvalue weighted by Gasteiger charge is -2.09. The predicted octanol–water partition coefficient (Wildman–Crippen LogP) is 2.06. The van der Waals surface area contributed by atoms with Crippen LogP contribution in [0.1, 0.15) is 16.7 Å². The lowest BCUT2D eigenvalue weighted by Crippen LogP contribution is -2.33. The number of aromatic nitrogens is 3. The van der Waals surface area contributed by atoms with Crippen LogP contribution < -0.4 is 16.0 Å². The third-order valence-corrected chi connectivity index (χ3v) is 3.93. The summed E-state index contributed by atoms with van der Waals surface area (Å²) in [5.41, 5.74) is 2.05. The minimum Gasteiger partial charge on any atom is -0.468 e. The number of H-pyrrole nitrogens is 1. The molecule has 0 aliphatic carbocycles. The van der Waals surface area contributed by atoms with Crippen LogP contribution in [0.25, 0.3) is 0 Å². The van der Waals surface area contributed by atoms with E-state index in [1.807, 2.05) is 61.5 Å². The minimum atomic E-state index is -0.618. The highest BCUT2D eigenvalue weighted by Crippen LogP contribution is 2.08. The fraction of sp³-hybridized carbons (Fsp3) is 0.211. The number of nitrogens with zero attached hydrogens (tertiary/aromatic N) is 2. The van der Waals surface area contributed by atoms with Gasteiger partial charge in [0.05, 0.1) is 6.54 Å². The van der Waals surface area contributed by atoms with Crippen LogP contribution in [0.5, 0.6) is 5.88 Å². The fourth-order valence-corrected chi connectivity index (χ4v) is 2.50. The Morgan fingerprint density at radius 3 is 2.52 bits per heavy atom. The van der Waals surface area contributed by atoms with Crippen molar-refractivity contribution in [2.24, 2.45) is 0 Å². The zero-order valence-corrected chi connectivity index (χ0v) is 13.9. The van der Waals surface area contributed by atoms with Crippen molar-refractivity contribution in [3.05, 3.63) is 92.1 Å². The smallest absolute Gasteiger partial charge is 0.344 e. The molecule has 128 valence electrons. The third-order valence-electron chi connectivity index (χ3n) is 3.93. The first-order valence-corrected chi connectivity index (χ1v) is 8.06. The molecule has 0 saturated heterocycles. The van der Waals surface area contributed by atoms with Crippen LogP contribution in [0.15, 0.2) is 64.2 Å². The minimum absolute atomic E-state index is 0.103. The van der Waals surface area contributed by atoms with Crippen molar-refractivity contribution in [2.45, 2.75) is 26.5 Å². The van der Waals surface area contributed by atoms with Gasteiger partial charge in [-0.1, -0.05) is 54.6 Å². The quantitative estimate of drug-likeness (QED) is 0.747. The van der Waals surface area contributed by atoms with Crippen LogP contribution in [-0.2, 0) is 19.6 Å². The maximum absolute atomic E-state index is 12.0. The highest BCUT2D eigenvalue weighted by atomic mass is 16.5. The summed E-state index contributed by atoms with van der Waals surface area (Å²) in [6.45, 7) is 2.60. The SMILES string of the molecule is Cc1ccccc1CCn1nc(OCc2ccccc2)c(=O)[nH]c1=O. The molecular weight excluding hydrogens is 318 g/mol. The lowest BCUT2D eigenvalue weighted by atomic mass is 10.1. The van der Waals surface area contributed by atoms with Gasteiger partial charge in [0.25, 0.3) is 5.88 Å². The summed E-state index contributed by atoms with van der Waals surface area (Å²) in [4.78, 5) is 26.1. The summed E-state index contributed by atoms with van der Waals surface area (Å²) in [6, 6.07) is 17.4. The molecule has 0 saturated carbocycles. The molecule has 1 heterocycles. The molecule has 2 aromatic carbocycles. The monoisotopic (exact) mass is 337 g/mol. The number of rotatable bonds is 6. The molecule has 0 aliphatic heterocycles. The van der Waals surface area contributed by atoms with Crippen molar-refractivity contribution in [3.8, 4) is 5.88 Å². The van der Waals surface area contributed by atoms with Crippen molar-refractivity contribution in [1.29, 1.82) is 0 Å². The van der Waals surface area contributed by atoms with Crippen LogP contribution in [0.4, 0.5) is 0 Å². The maximum atomic E-state index is 12.0. The maximum Gasteiger partial charge on any atom is 0.344 e. The molecule has 0 fully saturated rings. The first kappa shape index (κ1) is 16.7. The van der Waals surface area contributed by atoms with Crippen molar-refractivity contribution in [3.63, 3.8) is 0 Å². The molecule has 0 bridgehead atoms. The first-order valence-electron chi connectivity index (χ1n) is 8.06. The molecule has 1 aromatic heterocycles. The Morgan fingerprint density at radius 2 is 1.76 bits per heavy atom. The van der Waals surface area contributed by atoms with Gasteiger partial charge in [0.15, 0.2) is 0 Å². The van der Waals surface area contributed by atoms with Crippen LogP contribution in [-0.4, -0.2) is 14.8 Å². The molecule has 0 radical (unpaired) electrons. The predicted molar refractivity (Wildman–Crippen MR) is 94.8 cm³/mol. The number of aryl methyl sites for hydroxylation is 3. The van der Waals surface area contributed by atoms with Gasteiger partial charge in [-0.3, -0.25) is 9.78 Å². The van der Waals surface area contributed by atoms with Gasteiger partial charge in [-0.25, -0.2) is 9.48 Å². The van der Waals surface area contributed by atoms with E-state index in [4.69, 9.17) is 4.74 Å². The molecule has 6 heteroatoms. The Hall–Kier alpha value is -3.15. The number of hydrogen-bond acceptors (Lipinski definition) is 4. The van der Waals surface area contributed by atoms with Crippen molar-refractivity contribution in [1.82, 2.24) is 14.8 Å². The highest BCUT2D eigenvalue weighted by Gasteiger charge is 2.09.